The summed E-state index contributed by atoms with van der Waals surface area (Å²) < 4.78 is 10.7. The third-order valence-electron chi connectivity index (χ3n) is 3.47. The molecule has 3 atom stereocenters. The first-order chi connectivity index (χ1) is 8.56. The van der Waals surface area contributed by atoms with Crippen molar-refractivity contribution in [3.05, 3.63) is 27.7 Å². The van der Waals surface area contributed by atoms with Crippen LogP contribution in [0.25, 0.3) is 0 Å². The van der Waals surface area contributed by atoms with Gasteiger partial charge in [-0.05, 0) is 36.5 Å². The highest BCUT2D eigenvalue weighted by atomic mass is 35.5. The van der Waals surface area contributed by atoms with Crippen LogP contribution in [0.5, 0.6) is 5.75 Å². The second-order valence-electron chi connectivity index (χ2n) is 4.78. The first-order valence-electron chi connectivity index (χ1n) is 6.25. The van der Waals surface area contributed by atoms with Gasteiger partial charge in [-0.2, -0.15) is 0 Å². The molecular weight excluding hydrogens is 271 g/mol. The van der Waals surface area contributed by atoms with Crippen molar-refractivity contribution in [2.45, 2.75) is 44.8 Å². The molecule has 1 heterocycles. The van der Waals surface area contributed by atoms with Gasteiger partial charge in [0, 0.05) is 0 Å². The number of benzene rings is 1. The minimum atomic E-state index is 0.382. The smallest absolute Gasteiger partial charge is 0.156 e. The predicted molar refractivity (Wildman–Crippen MR) is 75.0 cm³/mol. The van der Waals surface area contributed by atoms with Gasteiger partial charge >= 0.3 is 0 Å². The van der Waals surface area contributed by atoms with E-state index in [1.807, 2.05) is 12.1 Å². The SMILES string of the molecule is CCC1OC1CC(C)c1cc(Cl)c(OC)c(Cl)c1. The lowest BCUT2D eigenvalue weighted by Gasteiger charge is -2.14. The van der Waals surface area contributed by atoms with Crippen molar-refractivity contribution in [3.63, 3.8) is 0 Å². The van der Waals surface area contributed by atoms with E-state index in [1.165, 1.54) is 0 Å². The molecule has 0 amide bonds. The summed E-state index contributed by atoms with van der Waals surface area (Å²) >= 11 is 12.3. The van der Waals surface area contributed by atoms with Crippen LogP contribution in [0.4, 0.5) is 0 Å². The van der Waals surface area contributed by atoms with Crippen molar-refractivity contribution in [2.24, 2.45) is 0 Å². The maximum atomic E-state index is 6.15. The number of hydrogen-bond donors (Lipinski definition) is 0. The van der Waals surface area contributed by atoms with Crippen LogP contribution < -0.4 is 4.74 Å². The number of halogens is 2. The molecule has 0 bridgehead atoms. The van der Waals surface area contributed by atoms with E-state index in [0.29, 0.717) is 33.9 Å². The van der Waals surface area contributed by atoms with Crippen molar-refractivity contribution >= 4 is 23.2 Å². The van der Waals surface area contributed by atoms with Gasteiger partial charge in [-0.25, -0.2) is 0 Å². The van der Waals surface area contributed by atoms with Crippen molar-refractivity contribution in [3.8, 4) is 5.75 Å². The molecule has 2 nitrogen and oxygen atoms in total. The monoisotopic (exact) mass is 288 g/mol. The molecule has 0 spiro atoms. The van der Waals surface area contributed by atoms with Gasteiger partial charge in [-0.3, -0.25) is 0 Å². The van der Waals surface area contributed by atoms with E-state index in [4.69, 9.17) is 32.7 Å². The summed E-state index contributed by atoms with van der Waals surface area (Å²) in [6, 6.07) is 3.86. The van der Waals surface area contributed by atoms with Crippen LogP contribution in [-0.2, 0) is 4.74 Å². The van der Waals surface area contributed by atoms with Crippen molar-refractivity contribution in [1.82, 2.24) is 0 Å². The second kappa shape index (κ2) is 5.68. The van der Waals surface area contributed by atoms with Gasteiger partial charge < -0.3 is 9.47 Å². The molecule has 1 fully saturated rings. The van der Waals surface area contributed by atoms with Gasteiger partial charge in [0.25, 0.3) is 0 Å². The minimum absolute atomic E-state index is 0.382. The van der Waals surface area contributed by atoms with E-state index < -0.39 is 0 Å². The Hall–Kier alpha value is -0.440. The largest absolute Gasteiger partial charge is 0.494 e. The molecule has 2 rings (SSSR count). The van der Waals surface area contributed by atoms with Crippen LogP contribution in [0.2, 0.25) is 10.0 Å². The van der Waals surface area contributed by atoms with E-state index in [0.717, 1.165) is 18.4 Å². The molecule has 0 N–H and O–H groups in total. The van der Waals surface area contributed by atoms with Crippen molar-refractivity contribution in [1.29, 1.82) is 0 Å². The van der Waals surface area contributed by atoms with Crippen LogP contribution in [0.15, 0.2) is 12.1 Å². The Morgan fingerprint density at radius 3 is 2.33 bits per heavy atom. The van der Waals surface area contributed by atoms with Gasteiger partial charge in [0.05, 0.1) is 29.4 Å². The molecule has 1 aromatic carbocycles. The average molecular weight is 289 g/mol. The fourth-order valence-corrected chi connectivity index (χ4v) is 2.95. The summed E-state index contributed by atoms with van der Waals surface area (Å²) in [5, 5.41) is 1.13. The molecule has 1 aromatic rings. The van der Waals surface area contributed by atoms with Crippen LogP contribution in [0, 0.1) is 0 Å². The lowest BCUT2D eigenvalue weighted by molar-refractivity contribution is 0.353. The second-order valence-corrected chi connectivity index (χ2v) is 5.59. The Kier molecular flexibility index (Phi) is 4.41. The van der Waals surface area contributed by atoms with Crippen LogP contribution in [0.1, 0.15) is 38.2 Å². The third-order valence-corrected chi connectivity index (χ3v) is 4.03. The van der Waals surface area contributed by atoms with E-state index in [-0.39, 0.29) is 0 Å². The van der Waals surface area contributed by atoms with Gasteiger partial charge in [0.1, 0.15) is 0 Å². The van der Waals surface area contributed by atoms with E-state index in [1.54, 1.807) is 7.11 Å². The fraction of sp³-hybridized carbons (Fsp3) is 0.571. The summed E-state index contributed by atoms with van der Waals surface area (Å²) in [5.74, 6) is 0.927. The van der Waals surface area contributed by atoms with E-state index in [2.05, 4.69) is 13.8 Å². The summed E-state index contributed by atoms with van der Waals surface area (Å²) in [6.45, 7) is 4.32. The molecule has 1 aliphatic heterocycles. The Labute approximate surface area is 118 Å². The predicted octanol–water partition coefficient (Wildman–Crippen LogP) is 4.67. The maximum absolute atomic E-state index is 6.15. The fourth-order valence-electron chi connectivity index (χ4n) is 2.29. The quantitative estimate of drug-likeness (QED) is 0.734. The number of methoxy groups -OCH3 is 1. The van der Waals surface area contributed by atoms with Crippen LogP contribution in [0.3, 0.4) is 0 Å². The normalized spacial score (nSPS) is 23.8. The van der Waals surface area contributed by atoms with Crippen molar-refractivity contribution < 1.29 is 9.47 Å². The zero-order chi connectivity index (χ0) is 13.3. The molecule has 0 saturated carbocycles. The summed E-state index contributed by atoms with van der Waals surface area (Å²) in [7, 11) is 1.57. The molecule has 3 unspecified atom stereocenters. The zero-order valence-corrected chi connectivity index (χ0v) is 12.4. The minimum Gasteiger partial charge on any atom is -0.494 e. The Bertz CT molecular complexity index is 411. The number of ether oxygens (including phenoxy) is 2. The number of rotatable bonds is 5. The highest BCUT2D eigenvalue weighted by Crippen LogP contribution is 2.39. The summed E-state index contributed by atoms with van der Waals surface area (Å²) in [4.78, 5) is 0. The first kappa shape index (κ1) is 14.0. The van der Waals surface area contributed by atoms with Crippen LogP contribution in [-0.4, -0.2) is 19.3 Å². The van der Waals surface area contributed by atoms with Crippen LogP contribution >= 0.6 is 23.2 Å². The molecule has 0 aromatic heterocycles. The molecular formula is C14H18Cl2O2. The van der Waals surface area contributed by atoms with Gasteiger partial charge in [-0.1, -0.05) is 37.0 Å². The van der Waals surface area contributed by atoms with E-state index in [9.17, 15) is 0 Å². The highest BCUT2D eigenvalue weighted by molar-refractivity contribution is 6.37. The molecule has 1 saturated heterocycles. The molecule has 18 heavy (non-hydrogen) atoms. The Morgan fingerprint density at radius 2 is 1.89 bits per heavy atom. The van der Waals surface area contributed by atoms with Gasteiger partial charge in [-0.15, -0.1) is 0 Å². The van der Waals surface area contributed by atoms with Gasteiger partial charge in [0.15, 0.2) is 5.75 Å². The maximum Gasteiger partial charge on any atom is 0.156 e. The Morgan fingerprint density at radius 1 is 1.28 bits per heavy atom. The van der Waals surface area contributed by atoms with E-state index >= 15 is 0 Å². The molecule has 0 aliphatic carbocycles. The summed E-state index contributed by atoms with van der Waals surface area (Å²) in [5.41, 5.74) is 1.14. The first-order valence-corrected chi connectivity index (χ1v) is 7.00. The number of epoxide rings is 1. The standard InChI is InChI=1S/C14H18Cl2O2/c1-4-12-13(18-12)5-8(2)9-6-10(15)14(17-3)11(16)7-9/h6-8,12-13H,4-5H2,1-3H3. The molecule has 0 radical (unpaired) electrons. The third kappa shape index (κ3) is 2.93. The topological polar surface area (TPSA) is 21.8 Å². The van der Waals surface area contributed by atoms with Gasteiger partial charge in [0.2, 0.25) is 0 Å². The lowest BCUT2D eigenvalue weighted by Crippen LogP contribution is -2.01. The van der Waals surface area contributed by atoms with Crippen molar-refractivity contribution in [2.75, 3.05) is 7.11 Å². The lowest BCUT2D eigenvalue weighted by atomic mass is 9.95. The Balaban J connectivity index is 2.09. The number of hydrogen-bond acceptors (Lipinski definition) is 2. The zero-order valence-electron chi connectivity index (χ0n) is 10.9. The highest BCUT2D eigenvalue weighted by Gasteiger charge is 2.37. The summed E-state index contributed by atoms with van der Waals surface area (Å²) in [6.07, 6.45) is 2.93. The molecule has 1 aliphatic rings. The molecule has 4 heteroatoms. The molecule has 100 valence electrons. The average Bonchev–Trinajstić information content (AvgIpc) is 3.07.